The number of nitrogens with one attached hydrogen (secondary N) is 3. The number of carbonyl (C=O) groups excluding carboxylic acids is 7. The van der Waals surface area contributed by atoms with Gasteiger partial charge in [-0.2, -0.15) is 0 Å². The van der Waals surface area contributed by atoms with Gasteiger partial charge in [0, 0.05) is 26.6 Å². The van der Waals surface area contributed by atoms with Crippen LogP contribution in [-0.2, 0) is 44.7 Å². The molecule has 6 amide bonds. The second-order valence-electron chi connectivity index (χ2n) is 14.0. The zero-order valence-electron chi connectivity index (χ0n) is 31.0. The van der Waals surface area contributed by atoms with Gasteiger partial charge in [0.15, 0.2) is 0 Å². The van der Waals surface area contributed by atoms with Crippen molar-refractivity contribution in [2.24, 2.45) is 0 Å². The fourth-order valence-corrected chi connectivity index (χ4v) is 6.91. The molecule has 3 fully saturated rings. The van der Waals surface area contributed by atoms with Gasteiger partial charge in [-0.05, 0) is 76.5 Å². The van der Waals surface area contributed by atoms with Crippen LogP contribution in [-0.4, -0.2) is 119 Å². The first-order valence-corrected chi connectivity index (χ1v) is 18.5. The first-order chi connectivity index (χ1) is 24.8. The van der Waals surface area contributed by atoms with Crippen molar-refractivity contribution in [3.8, 4) is 0 Å². The number of ether oxygens (including phenoxy) is 1. The van der Waals surface area contributed by atoms with E-state index in [0.29, 0.717) is 25.7 Å². The minimum Gasteiger partial charge on any atom is -0.461 e. The highest BCUT2D eigenvalue weighted by Gasteiger charge is 2.43. The number of rotatable bonds is 10. The molecule has 0 unspecified atom stereocenters. The van der Waals surface area contributed by atoms with E-state index in [1.807, 2.05) is 31.2 Å². The van der Waals surface area contributed by atoms with Gasteiger partial charge < -0.3 is 35.4 Å². The highest BCUT2D eigenvalue weighted by atomic mass is 16.5. The molecule has 0 aromatic heterocycles. The molecule has 0 bridgehead atoms. The van der Waals surface area contributed by atoms with E-state index >= 15 is 0 Å². The predicted octanol–water partition coefficient (Wildman–Crippen LogP) is 1.53. The van der Waals surface area contributed by atoms with Crippen LogP contribution in [0.3, 0.4) is 0 Å². The highest BCUT2D eigenvalue weighted by molar-refractivity contribution is 5.98. The Kier molecular flexibility index (Phi) is 14.4. The van der Waals surface area contributed by atoms with E-state index in [-0.39, 0.29) is 19.5 Å². The van der Waals surface area contributed by atoms with Crippen molar-refractivity contribution in [3.05, 3.63) is 47.5 Å². The highest BCUT2D eigenvalue weighted by Crippen LogP contribution is 2.23. The molecule has 4 rings (SSSR count). The van der Waals surface area contributed by atoms with E-state index in [1.54, 1.807) is 6.08 Å². The molecular formula is C38H54N6O8. The lowest BCUT2D eigenvalue weighted by Crippen LogP contribution is -2.60. The lowest BCUT2D eigenvalue weighted by atomic mass is 10.00. The standard InChI is InChI=1S/C38H54N6O8/c1-6-7-8-9-10-19-32(45)40-28(22-27-16-12-11-15-24(27)2)34(47)41-29-23-52-38(51)31-18-14-21-44(31)35(48)25(3)39-33(46)26(4)42(5)37(50)30-17-13-20-43(30)36(29)49/h10-12,15-16,19,25-26,28-31H,6-9,13-14,17-18,20-23H2,1-5H3,(H,39,46)(H,40,45)(H,41,47)/t25-,26-,28-,29-,30-,31-/m0/s1. The summed E-state index contributed by atoms with van der Waals surface area (Å²) in [4.78, 5) is 99.1. The maximum Gasteiger partial charge on any atom is 0.328 e. The number of likely N-dealkylation sites (N-methyl/N-ethyl adjacent to an activating group) is 1. The summed E-state index contributed by atoms with van der Waals surface area (Å²) in [5.41, 5.74) is 1.73. The van der Waals surface area contributed by atoms with Crippen LogP contribution in [0.1, 0.15) is 83.3 Å². The maximum atomic E-state index is 14.3. The molecule has 1 aromatic rings. The van der Waals surface area contributed by atoms with Gasteiger partial charge in [-0.15, -0.1) is 0 Å². The van der Waals surface area contributed by atoms with Crippen molar-refractivity contribution in [1.29, 1.82) is 0 Å². The molecule has 3 aliphatic rings. The number of carbonyl (C=O) groups is 7. The molecule has 0 radical (unpaired) electrons. The molecule has 0 spiro atoms. The van der Waals surface area contributed by atoms with Crippen LogP contribution in [0.5, 0.6) is 0 Å². The number of cyclic esters (lactones) is 1. The van der Waals surface area contributed by atoms with Gasteiger partial charge in [0.25, 0.3) is 0 Å². The van der Waals surface area contributed by atoms with E-state index in [1.165, 1.54) is 41.7 Å². The van der Waals surface area contributed by atoms with Crippen molar-refractivity contribution >= 4 is 41.4 Å². The number of aryl methyl sites for hydroxylation is 1. The number of esters is 1. The average Bonchev–Trinajstić information content (AvgIpc) is 3.82. The van der Waals surface area contributed by atoms with Crippen LogP contribution < -0.4 is 16.0 Å². The largest absolute Gasteiger partial charge is 0.461 e. The van der Waals surface area contributed by atoms with Gasteiger partial charge in [-0.3, -0.25) is 28.8 Å². The molecule has 0 aliphatic carbocycles. The molecule has 14 nitrogen and oxygen atoms in total. The Morgan fingerprint density at radius 2 is 1.63 bits per heavy atom. The lowest BCUT2D eigenvalue weighted by Gasteiger charge is -2.34. The zero-order valence-corrected chi connectivity index (χ0v) is 31.0. The van der Waals surface area contributed by atoms with Crippen LogP contribution in [0.4, 0.5) is 0 Å². The summed E-state index contributed by atoms with van der Waals surface area (Å²) in [6, 6.07) is 1.15. The molecule has 1 aromatic carbocycles. The van der Waals surface area contributed by atoms with Crippen LogP contribution in [0.25, 0.3) is 0 Å². The first kappa shape index (κ1) is 40.0. The van der Waals surface area contributed by atoms with E-state index in [0.717, 1.165) is 36.8 Å². The van der Waals surface area contributed by atoms with Crippen LogP contribution in [0, 0.1) is 6.92 Å². The molecule has 3 aliphatic heterocycles. The van der Waals surface area contributed by atoms with Crippen molar-refractivity contribution in [2.45, 2.75) is 122 Å². The van der Waals surface area contributed by atoms with E-state index in [4.69, 9.17) is 4.74 Å². The zero-order chi connectivity index (χ0) is 37.9. The first-order valence-electron chi connectivity index (χ1n) is 18.5. The lowest BCUT2D eigenvalue weighted by molar-refractivity contribution is -0.158. The third-order valence-corrected chi connectivity index (χ3v) is 10.2. The molecular weight excluding hydrogens is 668 g/mol. The van der Waals surface area contributed by atoms with Crippen molar-refractivity contribution < 1.29 is 38.3 Å². The fourth-order valence-electron chi connectivity index (χ4n) is 6.91. The average molecular weight is 723 g/mol. The van der Waals surface area contributed by atoms with Crippen molar-refractivity contribution in [1.82, 2.24) is 30.7 Å². The number of benzene rings is 1. The van der Waals surface area contributed by atoms with Gasteiger partial charge in [0.2, 0.25) is 35.4 Å². The van der Waals surface area contributed by atoms with Gasteiger partial charge in [-0.1, -0.05) is 50.1 Å². The Bertz CT molecular complexity index is 1530. The topological polar surface area (TPSA) is 175 Å². The Morgan fingerprint density at radius 3 is 2.33 bits per heavy atom. The van der Waals surface area contributed by atoms with E-state index < -0.39 is 84.3 Å². The fraction of sp³-hybridized carbons (Fsp3) is 0.605. The molecule has 284 valence electrons. The predicted molar refractivity (Wildman–Crippen MR) is 192 cm³/mol. The van der Waals surface area contributed by atoms with Crippen molar-refractivity contribution in [2.75, 3.05) is 26.7 Å². The quantitative estimate of drug-likeness (QED) is 0.185. The van der Waals surface area contributed by atoms with Crippen LogP contribution >= 0.6 is 0 Å². The summed E-state index contributed by atoms with van der Waals surface area (Å²) in [5, 5.41) is 8.18. The van der Waals surface area contributed by atoms with Crippen molar-refractivity contribution in [3.63, 3.8) is 0 Å². The Hall–Kier alpha value is -4.75. The van der Waals surface area contributed by atoms with Gasteiger partial charge in [0.1, 0.15) is 42.9 Å². The normalized spacial score (nSPS) is 25.4. The number of nitrogens with zero attached hydrogens (tertiary/aromatic N) is 3. The summed E-state index contributed by atoms with van der Waals surface area (Å²) in [5.74, 6) is -4.03. The summed E-state index contributed by atoms with van der Waals surface area (Å²) in [6.45, 7) is 6.98. The Balaban J connectivity index is 1.64. The SMILES string of the molecule is CCCCCC=CC(=O)N[C@@H](Cc1ccccc1C)C(=O)N[C@H]1COC(=O)[C@@H]2CCCN2C(=O)[C@H](C)NC(=O)[C@H](C)N(C)C(=O)[C@@H]2CCCN2C1=O. The molecule has 3 saturated heterocycles. The number of unbranched alkanes of at least 4 members (excludes halogenated alkanes) is 3. The minimum absolute atomic E-state index is 0.127. The molecule has 0 saturated carbocycles. The number of hydrogen-bond donors (Lipinski definition) is 3. The van der Waals surface area contributed by atoms with Crippen LogP contribution in [0.15, 0.2) is 36.4 Å². The number of fused-ring (bicyclic) bond motifs is 2. The number of allylic oxidation sites excluding steroid dienone is 1. The third-order valence-electron chi connectivity index (χ3n) is 10.2. The summed E-state index contributed by atoms with van der Waals surface area (Å²) < 4.78 is 5.67. The Labute approximate surface area is 306 Å². The Morgan fingerprint density at radius 1 is 0.962 bits per heavy atom. The summed E-state index contributed by atoms with van der Waals surface area (Å²) >= 11 is 0. The summed E-state index contributed by atoms with van der Waals surface area (Å²) in [7, 11) is 1.47. The number of hydrogen-bond acceptors (Lipinski definition) is 8. The smallest absolute Gasteiger partial charge is 0.328 e. The van der Waals surface area contributed by atoms with E-state index in [9.17, 15) is 33.6 Å². The molecule has 52 heavy (non-hydrogen) atoms. The minimum atomic E-state index is -1.41. The number of amides is 6. The monoisotopic (exact) mass is 722 g/mol. The van der Waals surface area contributed by atoms with Gasteiger partial charge >= 0.3 is 5.97 Å². The second kappa shape index (κ2) is 18.7. The second-order valence-corrected chi connectivity index (χ2v) is 14.0. The molecule has 14 heteroatoms. The van der Waals surface area contributed by atoms with E-state index in [2.05, 4.69) is 22.9 Å². The molecule has 3 heterocycles. The third kappa shape index (κ3) is 9.97. The molecule has 6 atom stereocenters. The van der Waals surface area contributed by atoms with Gasteiger partial charge in [0.05, 0.1) is 0 Å². The van der Waals surface area contributed by atoms with Crippen LogP contribution in [0.2, 0.25) is 0 Å². The summed E-state index contributed by atoms with van der Waals surface area (Å²) in [6.07, 6.45) is 8.71. The maximum absolute atomic E-state index is 14.3. The molecule has 3 N–H and O–H groups in total. The van der Waals surface area contributed by atoms with Gasteiger partial charge in [-0.25, -0.2) is 4.79 Å².